The molecule has 0 aliphatic heterocycles. The zero-order chi connectivity index (χ0) is 15.3. The third-order valence-electron chi connectivity index (χ3n) is 2.97. The molecular weight excluding hydrogens is 333 g/mol. The summed E-state index contributed by atoms with van der Waals surface area (Å²) in [7, 11) is 0. The minimum atomic E-state index is -4.81. The number of carbonyl (C=O) groups is 1. The van der Waals surface area contributed by atoms with E-state index in [9.17, 15) is 8.53 Å². The molecule has 0 aliphatic rings. The molecule has 0 aliphatic carbocycles. The van der Waals surface area contributed by atoms with Crippen molar-refractivity contribution in [2.24, 2.45) is 0 Å². The third-order valence-corrected chi connectivity index (χ3v) is 5.01. The van der Waals surface area contributed by atoms with Crippen molar-refractivity contribution in [2.45, 2.75) is 12.8 Å². The number of anilines is 1. The van der Waals surface area contributed by atoms with Crippen molar-refractivity contribution in [1.82, 2.24) is 0 Å². The van der Waals surface area contributed by atoms with E-state index >= 15 is 0 Å². The van der Waals surface area contributed by atoms with Gasteiger partial charge in [-0.2, -0.15) is 0 Å². The first-order chi connectivity index (χ1) is 9.95. The molecule has 2 aromatic rings. The van der Waals surface area contributed by atoms with Gasteiger partial charge in [0.05, 0.1) is 0 Å². The Labute approximate surface area is 125 Å². The molecule has 0 saturated carbocycles. The fourth-order valence-corrected chi connectivity index (χ4v) is 2.99. The standard InChI is InChI=1S/C15H16AsNO4/c18-15(17-14-4-2-1-3-5-14)11-8-12-6-9-13(10-7-12)16(19,20)21/h1-7,9-10H,8,11H2,(H,17,18)(H2,19,20,21). The van der Waals surface area contributed by atoms with Gasteiger partial charge < -0.3 is 0 Å². The van der Waals surface area contributed by atoms with Crippen LogP contribution in [0.15, 0.2) is 54.6 Å². The van der Waals surface area contributed by atoms with Crippen LogP contribution in [-0.2, 0) is 15.0 Å². The second kappa shape index (κ2) is 6.76. The Morgan fingerprint density at radius 1 is 1.00 bits per heavy atom. The van der Waals surface area contributed by atoms with E-state index < -0.39 is 14.2 Å². The van der Waals surface area contributed by atoms with Crippen LogP contribution in [-0.4, -0.2) is 28.3 Å². The monoisotopic (exact) mass is 349 g/mol. The number of amides is 1. The van der Waals surface area contributed by atoms with Gasteiger partial charge in [0.15, 0.2) is 0 Å². The number of nitrogens with one attached hydrogen (secondary N) is 1. The Balaban J connectivity index is 1.88. The first kappa shape index (κ1) is 15.6. The number of para-hydroxylation sites is 1. The predicted octanol–water partition coefficient (Wildman–Crippen LogP) is 0.819. The van der Waals surface area contributed by atoms with Crippen LogP contribution in [0.25, 0.3) is 0 Å². The van der Waals surface area contributed by atoms with E-state index in [0.29, 0.717) is 12.8 Å². The van der Waals surface area contributed by atoms with Crippen molar-refractivity contribution in [1.29, 1.82) is 0 Å². The van der Waals surface area contributed by atoms with Crippen molar-refractivity contribution < 1.29 is 16.7 Å². The van der Waals surface area contributed by atoms with Crippen LogP contribution in [0.4, 0.5) is 5.69 Å². The van der Waals surface area contributed by atoms with Crippen molar-refractivity contribution >= 4 is 30.1 Å². The van der Waals surface area contributed by atoms with E-state index in [4.69, 9.17) is 8.19 Å². The van der Waals surface area contributed by atoms with E-state index in [0.717, 1.165) is 11.3 Å². The molecule has 6 heteroatoms. The van der Waals surface area contributed by atoms with Gasteiger partial charge in [0.1, 0.15) is 0 Å². The van der Waals surface area contributed by atoms with Gasteiger partial charge in [-0.1, -0.05) is 0 Å². The number of carbonyl (C=O) groups excluding carboxylic acids is 1. The molecular formula is C15H16AsNO4. The zero-order valence-corrected chi connectivity index (χ0v) is 13.1. The Morgan fingerprint density at radius 2 is 1.62 bits per heavy atom. The van der Waals surface area contributed by atoms with Gasteiger partial charge >= 0.3 is 125 Å². The van der Waals surface area contributed by atoms with E-state index in [1.807, 2.05) is 30.3 Å². The molecule has 0 spiro atoms. The molecule has 1 amide bonds. The van der Waals surface area contributed by atoms with E-state index in [-0.39, 0.29) is 10.3 Å². The molecule has 0 aromatic heterocycles. The number of benzene rings is 2. The SMILES string of the molecule is O=C(CCc1ccc([As](=O)(O)O)cc1)Nc1ccccc1. The third kappa shape index (κ3) is 4.90. The van der Waals surface area contributed by atoms with Crippen LogP contribution < -0.4 is 9.67 Å². The second-order valence-corrected chi connectivity index (χ2v) is 7.99. The van der Waals surface area contributed by atoms with Crippen LogP contribution in [0, 0.1) is 0 Å². The van der Waals surface area contributed by atoms with E-state index in [1.54, 1.807) is 12.1 Å². The van der Waals surface area contributed by atoms with Crippen molar-refractivity contribution in [2.75, 3.05) is 5.32 Å². The average Bonchev–Trinajstić information content (AvgIpc) is 2.46. The number of aryl methyl sites for hydroxylation is 1. The van der Waals surface area contributed by atoms with Crippen molar-refractivity contribution in [3.8, 4) is 0 Å². The fourth-order valence-electron chi connectivity index (χ4n) is 1.86. The van der Waals surface area contributed by atoms with Gasteiger partial charge in [0, 0.05) is 0 Å². The van der Waals surface area contributed by atoms with Gasteiger partial charge in [-0.3, -0.25) is 0 Å². The van der Waals surface area contributed by atoms with Gasteiger partial charge in [-0.15, -0.1) is 0 Å². The van der Waals surface area contributed by atoms with E-state index in [2.05, 4.69) is 5.32 Å². The summed E-state index contributed by atoms with van der Waals surface area (Å²) in [5, 5.41) is 2.79. The number of hydrogen-bond donors (Lipinski definition) is 3. The first-order valence-electron chi connectivity index (χ1n) is 6.45. The minimum absolute atomic E-state index is 0.0469. The van der Waals surface area contributed by atoms with Gasteiger partial charge in [0.2, 0.25) is 0 Å². The molecule has 0 bridgehead atoms. The Bertz CT molecular complexity index is 649. The zero-order valence-electron chi connectivity index (χ0n) is 11.3. The molecule has 3 N–H and O–H groups in total. The summed E-state index contributed by atoms with van der Waals surface area (Å²) in [5.41, 5.74) is 1.62. The van der Waals surface area contributed by atoms with Gasteiger partial charge in [0.25, 0.3) is 0 Å². The molecule has 2 aromatic carbocycles. The predicted molar refractivity (Wildman–Crippen MR) is 80.3 cm³/mol. The van der Waals surface area contributed by atoms with Gasteiger partial charge in [-0.25, -0.2) is 0 Å². The molecule has 21 heavy (non-hydrogen) atoms. The maximum absolute atomic E-state index is 11.8. The van der Waals surface area contributed by atoms with Crippen LogP contribution >= 0.6 is 0 Å². The summed E-state index contributed by atoms with van der Waals surface area (Å²) in [4.78, 5) is 11.8. The summed E-state index contributed by atoms with van der Waals surface area (Å²) in [6.07, 6.45) is 0.835. The maximum atomic E-state index is 11.8. The van der Waals surface area contributed by atoms with Crippen LogP contribution in [0.1, 0.15) is 12.0 Å². The summed E-state index contributed by atoms with van der Waals surface area (Å²) < 4.78 is 29.3. The summed E-state index contributed by atoms with van der Waals surface area (Å²) in [5.74, 6) is -0.0932. The topological polar surface area (TPSA) is 86.6 Å². The van der Waals surface area contributed by atoms with Crippen molar-refractivity contribution in [3.63, 3.8) is 0 Å². The average molecular weight is 349 g/mol. The summed E-state index contributed by atoms with van der Waals surface area (Å²) in [6, 6.07) is 15.3. The number of rotatable bonds is 5. The molecule has 110 valence electrons. The molecule has 2 rings (SSSR count). The molecule has 0 unspecified atom stereocenters. The Kier molecular flexibility index (Phi) is 5.02. The van der Waals surface area contributed by atoms with Crippen LogP contribution in [0.2, 0.25) is 0 Å². The molecule has 0 atom stereocenters. The molecule has 0 heterocycles. The van der Waals surface area contributed by atoms with Crippen molar-refractivity contribution in [3.05, 3.63) is 60.2 Å². The molecule has 0 saturated heterocycles. The van der Waals surface area contributed by atoms with Gasteiger partial charge in [-0.05, 0) is 0 Å². The Hall–Kier alpha value is -1.81. The molecule has 0 radical (unpaired) electrons. The number of hydrogen-bond acceptors (Lipinski definition) is 2. The fraction of sp³-hybridized carbons (Fsp3) is 0.133. The molecule has 0 fully saturated rings. The quantitative estimate of drug-likeness (QED) is 0.698. The van der Waals surface area contributed by atoms with E-state index in [1.165, 1.54) is 12.1 Å². The normalized spacial score (nSPS) is 11.1. The second-order valence-electron chi connectivity index (χ2n) is 4.62. The first-order valence-corrected chi connectivity index (χ1v) is 9.83. The van der Waals surface area contributed by atoms with Crippen LogP contribution in [0.3, 0.4) is 0 Å². The Morgan fingerprint density at radius 3 is 2.19 bits per heavy atom. The molecule has 5 nitrogen and oxygen atoms in total. The summed E-state index contributed by atoms with van der Waals surface area (Å²) in [6.45, 7) is 0. The van der Waals surface area contributed by atoms with Crippen LogP contribution in [0.5, 0.6) is 0 Å². The summed E-state index contributed by atoms with van der Waals surface area (Å²) >= 11 is -4.81.